The molecule has 30 heavy (non-hydrogen) atoms. The highest BCUT2D eigenvalue weighted by Crippen LogP contribution is 2.52. The van der Waals surface area contributed by atoms with Crippen LogP contribution in [0.15, 0.2) is 21.1 Å². The lowest BCUT2D eigenvalue weighted by Gasteiger charge is -2.30. The molecule has 0 N–H and O–H groups in total. The third-order valence-corrected chi connectivity index (χ3v) is 7.74. The van der Waals surface area contributed by atoms with Crippen molar-refractivity contribution < 1.29 is 9.47 Å². The van der Waals surface area contributed by atoms with E-state index in [1.807, 2.05) is 0 Å². The van der Waals surface area contributed by atoms with Crippen LogP contribution in [0.3, 0.4) is 0 Å². The van der Waals surface area contributed by atoms with Crippen LogP contribution in [-0.4, -0.2) is 14.2 Å². The molecule has 2 aromatic rings. The van der Waals surface area contributed by atoms with Crippen LogP contribution in [0.25, 0.3) is 11.1 Å². The van der Waals surface area contributed by atoms with Crippen LogP contribution in [-0.2, 0) is 21.5 Å². The second-order valence-electron chi connectivity index (χ2n) is 9.35. The van der Waals surface area contributed by atoms with Crippen molar-refractivity contribution in [3.05, 3.63) is 43.3 Å². The Morgan fingerprint density at radius 3 is 1.17 bits per heavy atom. The minimum atomic E-state index is -0.0892. The second-order valence-corrected chi connectivity index (χ2v) is 12.2. The van der Waals surface area contributed by atoms with Gasteiger partial charge < -0.3 is 9.47 Å². The van der Waals surface area contributed by atoms with Crippen molar-refractivity contribution in [2.45, 2.75) is 63.0 Å². The van der Waals surface area contributed by atoms with E-state index in [1.54, 1.807) is 14.2 Å². The fourth-order valence-electron chi connectivity index (χ4n) is 3.67. The summed E-state index contributed by atoms with van der Waals surface area (Å²) in [5.74, 6) is 1.78. The topological polar surface area (TPSA) is 18.5 Å². The van der Waals surface area contributed by atoms with Crippen molar-refractivity contribution in [1.29, 1.82) is 0 Å². The Hall–Kier alpha value is -0.0400. The zero-order chi connectivity index (χ0) is 23.0. The maximum Gasteiger partial charge on any atom is 0.130 e. The Labute approximate surface area is 215 Å². The first-order chi connectivity index (χ1) is 13.8. The summed E-state index contributed by atoms with van der Waals surface area (Å²) in [6.45, 7) is 13.2. The highest BCUT2D eigenvalue weighted by atomic mass is 79.9. The quantitative estimate of drug-likeness (QED) is 0.296. The highest BCUT2D eigenvalue weighted by molar-refractivity contribution is 9.11. The first kappa shape index (κ1) is 26.2. The fraction of sp³-hybridized carbons (Fsp3) is 0.500. The number of alkyl halides is 2. The summed E-state index contributed by atoms with van der Waals surface area (Å²) >= 11 is 15.1. The average Bonchev–Trinajstić information content (AvgIpc) is 2.64. The molecule has 0 saturated carbocycles. The Morgan fingerprint density at radius 1 is 0.667 bits per heavy atom. The van der Waals surface area contributed by atoms with E-state index in [0.29, 0.717) is 10.7 Å². The average molecular weight is 670 g/mol. The van der Waals surface area contributed by atoms with Gasteiger partial charge in [-0.25, -0.2) is 0 Å². The molecule has 2 rings (SSSR count). The van der Waals surface area contributed by atoms with Gasteiger partial charge in [0.25, 0.3) is 0 Å². The largest absolute Gasteiger partial charge is 0.496 e. The molecule has 0 fully saturated rings. The minimum Gasteiger partial charge on any atom is -0.496 e. The molecule has 0 unspecified atom stereocenters. The fourth-order valence-corrected chi connectivity index (χ4v) is 6.72. The predicted octanol–water partition coefficient (Wildman–Crippen LogP) is 9.28. The van der Waals surface area contributed by atoms with Gasteiger partial charge in [0.1, 0.15) is 11.5 Å². The SMILES string of the molecule is COc1c(C(C)(C)C)cc(Br)c(CBr)c1-c1c(CBr)c(Br)cc(C(C)(C)C)c1OC. The number of hydrogen-bond acceptors (Lipinski definition) is 2. The van der Waals surface area contributed by atoms with Gasteiger partial charge in [0.05, 0.1) is 14.2 Å². The van der Waals surface area contributed by atoms with Gasteiger partial charge in [0.2, 0.25) is 0 Å². The van der Waals surface area contributed by atoms with Crippen molar-refractivity contribution in [2.75, 3.05) is 14.2 Å². The van der Waals surface area contributed by atoms with Gasteiger partial charge in [-0.2, -0.15) is 0 Å². The molecule has 0 spiro atoms. The normalized spacial score (nSPS) is 12.3. The molecule has 6 heteroatoms. The predicted molar refractivity (Wildman–Crippen MR) is 143 cm³/mol. The highest BCUT2D eigenvalue weighted by Gasteiger charge is 2.32. The Morgan fingerprint density at radius 2 is 0.967 bits per heavy atom. The Bertz CT molecular complexity index is 861. The first-order valence-corrected chi connectivity index (χ1v) is 13.6. The van der Waals surface area contributed by atoms with Gasteiger partial charge in [-0.3, -0.25) is 0 Å². The van der Waals surface area contributed by atoms with Gasteiger partial charge in [-0.05, 0) is 34.1 Å². The molecule has 0 aliphatic rings. The van der Waals surface area contributed by atoms with Crippen LogP contribution in [0.4, 0.5) is 0 Å². The molecule has 2 nitrogen and oxygen atoms in total. The molecule has 0 saturated heterocycles. The number of ether oxygens (including phenoxy) is 2. The summed E-state index contributed by atoms with van der Waals surface area (Å²) in [5, 5.41) is 1.37. The standard InChI is InChI=1S/C24H30Br4O2/c1-23(2,3)15-9-17(27)13(11-25)19(21(15)29-7)20-14(12-26)18(28)10-16(22(20)30-8)24(4,5)6/h9-10H,11-12H2,1-8H3. The number of rotatable bonds is 5. The van der Waals surface area contributed by atoms with Gasteiger partial charge in [0, 0.05) is 41.9 Å². The minimum absolute atomic E-state index is 0.0892. The lowest BCUT2D eigenvalue weighted by molar-refractivity contribution is 0.392. The second kappa shape index (κ2) is 9.84. The van der Waals surface area contributed by atoms with E-state index >= 15 is 0 Å². The Kier molecular flexibility index (Phi) is 8.60. The summed E-state index contributed by atoms with van der Waals surface area (Å²) in [6.07, 6.45) is 0. The maximum atomic E-state index is 6.09. The lowest BCUT2D eigenvalue weighted by atomic mass is 9.79. The van der Waals surface area contributed by atoms with Crippen molar-refractivity contribution in [1.82, 2.24) is 0 Å². The van der Waals surface area contributed by atoms with E-state index in [2.05, 4.69) is 117 Å². The van der Waals surface area contributed by atoms with Gasteiger partial charge in [-0.1, -0.05) is 105 Å². The maximum absolute atomic E-state index is 6.09. The van der Waals surface area contributed by atoms with E-state index in [9.17, 15) is 0 Å². The smallest absolute Gasteiger partial charge is 0.130 e. The zero-order valence-corrected chi connectivity index (χ0v) is 25.2. The molecular weight excluding hydrogens is 640 g/mol. The number of methoxy groups -OCH3 is 2. The van der Waals surface area contributed by atoms with Crippen molar-refractivity contribution in [3.63, 3.8) is 0 Å². The van der Waals surface area contributed by atoms with Crippen molar-refractivity contribution in [2.24, 2.45) is 0 Å². The summed E-state index contributed by atoms with van der Waals surface area (Å²) in [7, 11) is 3.51. The number of benzene rings is 2. The van der Waals surface area contributed by atoms with Crippen molar-refractivity contribution >= 4 is 63.7 Å². The molecule has 0 aliphatic carbocycles. The molecule has 0 bridgehead atoms. The third-order valence-electron chi connectivity index (χ3n) is 5.21. The summed E-state index contributed by atoms with van der Waals surface area (Å²) in [5.41, 5.74) is 6.52. The third kappa shape index (κ3) is 4.97. The molecule has 0 radical (unpaired) electrons. The van der Waals surface area contributed by atoms with Crippen LogP contribution in [0.1, 0.15) is 63.8 Å². The zero-order valence-electron chi connectivity index (χ0n) is 18.9. The molecule has 0 amide bonds. The Balaban J connectivity index is 3.21. The molecular formula is C24H30Br4O2. The summed E-state index contributed by atoms with van der Waals surface area (Å²) in [4.78, 5) is 0. The van der Waals surface area contributed by atoms with Crippen LogP contribution < -0.4 is 9.47 Å². The molecule has 0 heterocycles. The van der Waals surface area contributed by atoms with Crippen LogP contribution in [0, 0.1) is 0 Å². The summed E-state index contributed by atoms with van der Waals surface area (Å²) < 4.78 is 14.3. The van der Waals surface area contributed by atoms with Crippen LogP contribution in [0.2, 0.25) is 0 Å². The van der Waals surface area contributed by atoms with E-state index in [4.69, 9.17) is 9.47 Å². The molecule has 0 aromatic heterocycles. The molecule has 0 atom stereocenters. The lowest BCUT2D eigenvalue weighted by Crippen LogP contribution is -2.17. The first-order valence-electron chi connectivity index (χ1n) is 9.75. The molecule has 2 aromatic carbocycles. The monoisotopic (exact) mass is 666 g/mol. The van der Waals surface area contributed by atoms with E-state index in [1.165, 1.54) is 0 Å². The summed E-state index contributed by atoms with van der Waals surface area (Å²) in [6, 6.07) is 4.36. The van der Waals surface area contributed by atoms with E-state index in [-0.39, 0.29) is 10.8 Å². The number of halogens is 4. The van der Waals surface area contributed by atoms with E-state index in [0.717, 1.165) is 53.8 Å². The van der Waals surface area contributed by atoms with Crippen LogP contribution >= 0.6 is 63.7 Å². The molecule has 0 aliphatic heterocycles. The van der Waals surface area contributed by atoms with Gasteiger partial charge in [0.15, 0.2) is 0 Å². The van der Waals surface area contributed by atoms with Crippen molar-refractivity contribution in [3.8, 4) is 22.6 Å². The van der Waals surface area contributed by atoms with Gasteiger partial charge >= 0.3 is 0 Å². The van der Waals surface area contributed by atoms with Crippen LogP contribution in [0.5, 0.6) is 11.5 Å². The number of hydrogen-bond donors (Lipinski definition) is 0. The van der Waals surface area contributed by atoms with E-state index < -0.39 is 0 Å². The van der Waals surface area contributed by atoms with Gasteiger partial charge in [-0.15, -0.1) is 0 Å². The molecule has 166 valence electrons.